The molecule has 0 bridgehead atoms. The lowest BCUT2D eigenvalue weighted by Crippen LogP contribution is -2.49. The van der Waals surface area contributed by atoms with E-state index in [1.54, 1.807) is 31.2 Å². The van der Waals surface area contributed by atoms with Crippen LogP contribution in [0, 0.1) is 0 Å². The molecule has 1 aliphatic carbocycles. The fraction of sp³-hybridized carbons (Fsp3) is 0.304. The number of hydrogen-bond donors (Lipinski definition) is 2. The summed E-state index contributed by atoms with van der Waals surface area (Å²) in [5.74, 6) is -0.204. The van der Waals surface area contributed by atoms with Gasteiger partial charge in [0.05, 0.1) is 30.0 Å². The minimum atomic E-state index is -4.65. The molecule has 6 nitrogen and oxygen atoms in total. The van der Waals surface area contributed by atoms with Crippen molar-refractivity contribution in [3.8, 4) is 5.75 Å². The minimum Gasteiger partial charge on any atom is -0.495 e. The number of carbonyl (C=O) groups is 2. The van der Waals surface area contributed by atoms with Crippen molar-refractivity contribution in [2.24, 2.45) is 0 Å². The summed E-state index contributed by atoms with van der Waals surface area (Å²) < 4.78 is 46.5. The average Bonchev–Trinajstić information content (AvgIpc) is 3.58. The Morgan fingerprint density at radius 3 is 2.44 bits per heavy atom. The van der Waals surface area contributed by atoms with Crippen LogP contribution in [0.4, 0.5) is 23.7 Å². The number of carbonyl (C=O) groups excluding carboxylic acids is 2. The van der Waals surface area contributed by atoms with Gasteiger partial charge in [-0.3, -0.25) is 9.69 Å². The molecular weight excluding hydrogens is 423 g/mol. The zero-order valence-electron chi connectivity index (χ0n) is 17.5. The van der Waals surface area contributed by atoms with E-state index in [4.69, 9.17) is 4.74 Å². The number of allylic oxidation sites excluding steroid dienone is 1. The van der Waals surface area contributed by atoms with Crippen molar-refractivity contribution in [1.29, 1.82) is 0 Å². The first-order valence-electron chi connectivity index (χ1n) is 10.1. The van der Waals surface area contributed by atoms with Gasteiger partial charge in [-0.2, -0.15) is 13.2 Å². The van der Waals surface area contributed by atoms with Gasteiger partial charge in [-0.1, -0.05) is 30.3 Å². The zero-order valence-corrected chi connectivity index (χ0v) is 17.5. The molecule has 168 valence electrons. The van der Waals surface area contributed by atoms with Crippen LogP contribution in [0.3, 0.4) is 0 Å². The molecule has 0 unspecified atom stereocenters. The van der Waals surface area contributed by atoms with Crippen molar-refractivity contribution in [2.45, 2.75) is 38.0 Å². The standard InChI is InChI=1S/C23H22F3N3O3/c1-13-19(21(30)27-17-9-5-6-10-18(17)32-2)20(28-22(31)29(13)14-11-12-14)15-7-3-4-8-16(15)23(24,25)26/h3-10,14,20H,11-12H2,1-2H3,(H,27,30)(H,28,31)/t20-/m0/s1. The Bertz CT molecular complexity index is 1090. The zero-order chi connectivity index (χ0) is 23.0. The van der Waals surface area contributed by atoms with Gasteiger partial charge in [-0.05, 0) is 43.5 Å². The predicted octanol–water partition coefficient (Wildman–Crippen LogP) is 4.86. The summed E-state index contributed by atoms with van der Waals surface area (Å²) in [5.41, 5.74) is -0.323. The molecule has 3 amide bonds. The van der Waals surface area contributed by atoms with Crippen molar-refractivity contribution in [2.75, 3.05) is 12.4 Å². The number of rotatable bonds is 5. The van der Waals surface area contributed by atoms with Gasteiger partial charge in [0.25, 0.3) is 5.91 Å². The molecular formula is C23H22F3N3O3. The van der Waals surface area contributed by atoms with E-state index in [-0.39, 0.29) is 17.2 Å². The molecule has 2 aromatic rings. The highest BCUT2D eigenvalue weighted by molar-refractivity contribution is 6.07. The Balaban J connectivity index is 1.81. The molecule has 9 heteroatoms. The third-order valence-corrected chi connectivity index (χ3v) is 5.62. The summed E-state index contributed by atoms with van der Waals surface area (Å²) in [5, 5.41) is 5.36. The molecule has 0 spiro atoms. The summed E-state index contributed by atoms with van der Waals surface area (Å²) in [6, 6.07) is 9.84. The number of alkyl halides is 3. The van der Waals surface area contributed by atoms with Crippen molar-refractivity contribution >= 4 is 17.6 Å². The lowest BCUT2D eigenvalue weighted by atomic mass is 9.90. The fourth-order valence-electron chi connectivity index (χ4n) is 4.00. The topological polar surface area (TPSA) is 70.7 Å². The molecule has 32 heavy (non-hydrogen) atoms. The van der Waals surface area contributed by atoms with Crippen LogP contribution in [0.5, 0.6) is 5.75 Å². The fourth-order valence-corrected chi connectivity index (χ4v) is 4.00. The first-order chi connectivity index (χ1) is 15.2. The van der Waals surface area contributed by atoms with E-state index in [1.165, 1.54) is 30.2 Å². The van der Waals surface area contributed by atoms with Gasteiger partial charge in [0.15, 0.2) is 0 Å². The van der Waals surface area contributed by atoms with Gasteiger partial charge in [0.1, 0.15) is 5.75 Å². The van der Waals surface area contributed by atoms with Crippen molar-refractivity contribution in [1.82, 2.24) is 10.2 Å². The molecule has 2 N–H and O–H groups in total. The maximum absolute atomic E-state index is 13.7. The number of methoxy groups -OCH3 is 1. The molecule has 4 rings (SSSR count). The molecule has 2 aliphatic rings. The van der Waals surface area contributed by atoms with E-state index in [0.29, 0.717) is 17.1 Å². The van der Waals surface area contributed by atoms with Crippen LogP contribution in [0.2, 0.25) is 0 Å². The van der Waals surface area contributed by atoms with Crippen LogP contribution < -0.4 is 15.4 Å². The smallest absolute Gasteiger partial charge is 0.416 e. The molecule has 1 saturated carbocycles. The Hall–Kier alpha value is -3.49. The Labute approximate surface area is 183 Å². The number of nitrogens with one attached hydrogen (secondary N) is 2. The molecule has 0 aromatic heterocycles. The van der Waals surface area contributed by atoms with Gasteiger partial charge in [0.2, 0.25) is 0 Å². The molecule has 1 heterocycles. The van der Waals surface area contributed by atoms with Gasteiger partial charge < -0.3 is 15.4 Å². The highest BCUT2D eigenvalue weighted by Gasteiger charge is 2.44. The van der Waals surface area contributed by atoms with E-state index >= 15 is 0 Å². The summed E-state index contributed by atoms with van der Waals surface area (Å²) in [7, 11) is 1.45. The maximum Gasteiger partial charge on any atom is 0.416 e. The monoisotopic (exact) mass is 445 g/mol. The average molecular weight is 445 g/mol. The molecule has 1 fully saturated rings. The second-order valence-electron chi connectivity index (χ2n) is 7.72. The van der Waals surface area contributed by atoms with Gasteiger partial charge in [-0.25, -0.2) is 4.79 Å². The number of urea groups is 1. The maximum atomic E-state index is 13.7. The van der Waals surface area contributed by atoms with Gasteiger partial charge >= 0.3 is 12.2 Å². The van der Waals surface area contributed by atoms with Crippen LogP contribution in [-0.4, -0.2) is 30.0 Å². The van der Waals surface area contributed by atoms with E-state index in [2.05, 4.69) is 10.6 Å². The van der Waals surface area contributed by atoms with Crippen molar-refractivity contribution < 1.29 is 27.5 Å². The number of amides is 3. The molecule has 0 saturated heterocycles. The number of halogens is 3. The lowest BCUT2D eigenvalue weighted by Gasteiger charge is -2.36. The van der Waals surface area contributed by atoms with E-state index < -0.39 is 29.7 Å². The largest absolute Gasteiger partial charge is 0.495 e. The molecule has 1 atom stereocenters. The summed E-state index contributed by atoms with van der Waals surface area (Å²) >= 11 is 0. The second kappa shape index (κ2) is 8.22. The summed E-state index contributed by atoms with van der Waals surface area (Å²) in [4.78, 5) is 27.7. The lowest BCUT2D eigenvalue weighted by molar-refractivity contribution is -0.138. The van der Waals surface area contributed by atoms with Crippen LogP contribution >= 0.6 is 0 Å². The number of benzene rings is 2. The second-order valence-corrected chi connectivity index (χ2v) is 7.72. The summed E-state index contributed by atoms with van der Waals surface area (Å²) in [6.45, 7) is 1.59. The molecule has 1 aliphatic heterocycles. The first kappa shape index (κ1) is 21.7. The predicted molar refractivity (Wildman–Crippen MR) is 112 cm³/mol. The SMILES string of the molecule is COc1ccccc1NC(=O)C1=C(C)N(C2CC2)C(=O)N[C@H]1c1ccccc1C(F)(F)F. The van der Waals surface area contributed by atoms with Crippen LogP contribution in [0.1, 0.15) is 36.9 Å². The number of hydrogen-bond acceptors (Lipinski definition) is 3. The van der Waals surface area contributed by atoms with E-state index in [0.717, 1.165) is 18.9 Å². The number of anilines is 1. The van der Waals surface area contributed by atoms with Crippen LogP contribution in [-0.2, 0) is 11.0 Å². The molecule has 2 aromatic carbocycles. The van der Waals surface area contributed by atoms with Gasteiger partial charge in [-0.15, -0.1) is 0 Å². The molecule has 0 radical (unpaired) electrons. The van der Waals surface area contributed by atoms with E-state index in [9.17, 15) is 22.8 Å². The van der Waals surface area contributed by atoms with Gasteiger partial charge in [0, 0.05) is 11.7 Å². The minimum absolute atomic E-state index is 0.0547. The highest BCUT2D eigenvalue weighted by Crippen LogP contribution is 2.42. The highest BCUT2D eigenvalue weighted by atomic mass is 19.4. The number of para-hydroxylation sites is 2. The third-order valence-electron chi connectivity index (χ3n) is 5.62. The normalized spacial score (nSPS) is 19.0. The third kappa shape index (κ3) is 4.02. The van der Waals surface area contributed by atoms with Crippen molar-refractivity contribution in [3.63, 3.8) is 0 Å². The first-order valence-corrected chi connectivity index (χ1v) is 10.1. The Kier molecular flexibility index (Phi) is 5.58. The van der Waals surface area contributed by atoms with Crippen molar-refractivity contribution in [3.05, 3.63) is 70.9 Å². The van der Waals surface area contributed by atoms with Crippen LogP contribution in [0.15, 0.2) is 59.8 Å². The quantitative estimate of drug-likeness (QED) is 0.691. The number of ether oxygens (including phenoxy) is 1. The Morgan fingerprint density at radius 2 is 1.78 bits per heavy atom. The number of nitrogens with zero attached hydrogens (tertiary/aromatic N) is 1. The van der Waals surface area contributed by atoms with Crippen LogP contribution in [0.25, 0.3) is 0 Å². The summed E-state index contributed by atoms with van der Waals surface area (Å²) in [6.07, 6.45) is -3.10. The van der Waals surface area contributed by atoms with E-state index in [1.807, 2.05) is 0 Å². The Morgan fingerprint density at radius 1 is 1.12 bits per heavy atom.